The molecule has 3 nitrogen and oxygen atoms in total. The van der Waals surface area contributed by atoms with E-state index in [2.05, 4.69) is 5.32 Å². The van der Waals surface area contributed by atoms with Crippen LogP contribution in [0.3, 0.4) is 0 Å². The average molecular weight is 313 g/mol. The molecule has 1 amide bonds. The summed E-state index contributed by atoms with van der Waals surface area (Å²) in [6.07, 6.45) is 1.89. The van der Waals surface area contributed by atoms with Gasteiger partial charge in [0.15, 0.2) is 0 Å². The Morgan fingerprint density at radius 2 is 2.25 bits per heavy atom. The Morgan fingerprint density at radius 3 is 2.90 bits per heavy atom. The molecule has 2 unspecified atom stereocenters. The minimum atomic E-state index is -0.307. The predicted octanol–water partition coefficient (Wildman–Crippen LogP) is 2.88. The van der Waals surface area contributed by atoms with E-state index in [0.717, 1.165) is 10.1 Å². The quantitative estimate of drug-likeness (QED) is 0.892. The Labute approximate surface area is 125 Å². The van der Waals surface area contributed by atoms with Gasteiger partial charge in [-0.1, -0.05) is 0 Å². The van der Waals surface area contributed by atoms with Gasteiger partial charge in [0.25, 0.3) is 5.91 Å². The fourth-order valence-corrected chi connectivity index (χ4v) is 3.51. The van der Waals surface area contributed by atoms with Crippen molar-refractivity contribution in [2.45, 2.75) is 18.2 Å². The third-order valence-electron chi connectivity index (χ3n) is 3.10. The van der Waals surface area contributed by atoms with Gasteiger partial charge in [0.05, 0.1) is 11.5 Å². The molecule has 2 rings (SSSR count). The summed E-state index contributed by atoms with van der Waals surface area (Å²) < 4.78 is 14.0. The van der Waals surface area contributed by atoms with Crippen LogP contribution in [0.2, 0.25) is 0 Å². The van der Waals surface area contributed by atoms with Crippen molar-refractivity contribution < 1.29 is 14.3 Å². The van der Waals surface area contributed by atoms with Crippen molar-refractivity contribution in [2.75, 3.05) is 12.9 Å². The first kappa shape index (κ1) is 15.3. The number of thioether (sulfide) groups is 1. The highest BCUT2D eigenvalue weighted by Gasteiger charge is 2.19. The lowest BCUT2D eigenvalue weighted by atomic mass is 10.2. The van der Waals surface area contributed by atoms with Gasteiger partial charge in [-0.15, -0.1) is 11.3 Å². The van der Waals surface area contributed by atoms with E-state index in [-0.39, 0.29) is 29.6 Å². The van der Waals surface area contributed by atoms with Crippen LogP contribution in [0.15, 0.2) is 24.3 Å². The molecule has 1 heterocycles. The average Bonchev–Trinajstić information content (AvgIpc) is 2.83. The first-order valence-electron chi connectivity index (χ1n) is 6.18. The molecule has 2 aromatic rings. The molecule has 0 aliphatic rings. The monoisotopic (exact) mass is 313 g/mol. The number of fused-ring (bicyclic) bond motifs is 1. The molecule has 0 fully saturated rings. The number of benzene rings is 1. The zero-order valence-electron chi connectivity index (χ0n) is 11.2. The van der Waals surface area contributed by atoms with Crippen molar-refractivity contribution in [1.82, 2.24) is 5.32 Å². The molecule has 0 spiro atoms. The number of nitrogens with one attached hydrogen (secondary N) is 1. The molecule has 20 heavy (non-hydrogen) atoms. The summed E-state index contributed by atoms with van der Waals surface area (Å²) in [4.78, 5) is 12.7. The smallest absolute Gasteiger partial charge is 0.261 e. The number of thiophene rings is 1. The molecular formula is C14H16FNO2S2. The molecule has 0 aliphatic heterocycles. The van der Waals surface area contributed by atoms with Gasteiger partial charge in [-0.2, -0.15) is 11.8 Å². The van der Waals surface area contributed by atoms with E-state index in [9.17, 15) is 14.3 Å². The summed E-state index contributed by atoms with van der Waals surface area (Å²) in [6.45, 7) is 1.88. The van der Waals surface area contributed by atoms with Crippen LogP contribution in [0.4, 0.5) is 4.39 Å². The fourth-order valence-electron chi connectivity index (χ4n) is 1.93. The zero-order chi connectivity index (χ0) is 14.7. The van der Waals surface area contributed by atoms with Gasteiger partial charge in [0.2, 0.25) is 0 Å². The van der Waals surface area contributed by atoms with Crippen molar-refractivity contribution >= 4 is 39.1 Å². The molecule has 0 bridgehead atoms. The van der Waals surface area contributed by atoms with Crippen LogP contribution < -0.4 is 5.32 Å². The lowest BCUT2D eigenvalue weighted by Gasteiger charge is -2.20. The van der Waals surface area contributed by atoms with Crippen LogP contribution in [0.1, 0.15) is 16.6 Å². The lowest BCUT2D eigenvalue weighted by Crippen LogP contribution is -2.40. The summed E-state index contributed by atoms with van der Waals surface area (Å²) >= 11 is 2.85. The fraction of sp³-hybridized carbons (Fsp3) is 0.357. The Bertz CT molecular complexity index is 610. The van der Waals surface area contributed by atoms with Gasteiger partial charge in [0.1, 0.15) is 5.82 Å². The van der Waals surface area contributed by atoms with E-state index < -0.39 is 0 Å². The van der Waals surface area contributed by atoms with E-state index in [0.29, 0.717) is 4.88 Å². The Kier molecular flexibility index (Phi) is 5.01. The third kappa shape index (κ3) is 3.31. The maximum absolute atomic E-state index is 13.1. The van der Waals surface area contributed by atoms with Crippen molar-refractivity contribution in [1.29, 1.82) is 0 Å². The van der Waals surface area contributed by atoms with Crippen LogP contribution in [-0.2, 0) is 0 Å². The molecule has 6 heteroatoms. The minimum absolute atomic E-state index is 0.0141. The van der Waals surface area contributed by atoms with E-state index in [1.54, 1.807) is 12.1 Å². The molecule has 0 radical (unpaired) electrons. The number of amides is 1. The van der Waals surface area contributed by atoms with Crippen molar-refractivity contribution in [3.8, 4) is 0 Å². The van der Waals surface area contributed by atoms with Crippen LogP contribution in [0.25, 0.3) is 10.1 Å². The maximum atomic E-state index is 13.1. The molecule has 0 saturated heterocycles. The highest BCUT2D eigenvalue weighted by molar-refractivity contribution is 7.99. The molecule has 2 N–H and O–H groups in total. The highest BCUT2D eigenvalue weighted by Crippen LogP contribution is 2.26. The van der Waals surface area contributed by atoms with Gasteiger partial charge in [-0.25, -0.2) is 4.39 Å². The second-order valence-corrected chi connectivity index (χ2v) is 6.67. The SMILES string of the molecule is CSC(CO)C(C)NC(=O)c1cc2cc(F)ccc2s1. The van der Waals surface area contributed by atoms with Gasteiger partial charge in [0, 0.05) is 16.0 Å². The number of carbonyl (C=O) groups excluding carboxylic acids is 1. The van der Waals surface area contributed by atoms with Crippen molar-refractivity contribution in [3.63, 3.8) is 0 Å². The Morgan fingerprint density at radius 1 is 1.50 bits per heavy atom. The maximum Gasteiger partial charge on any atom is 0.261 e. The van der Waals surface area contributed by atoms with Crippen LogP contribution >= 0.6 is 23.1 Å². The zero-order valence-corrected chi connectivity index (χ0v) is 12.9. The molecule has 1 aromatic heterocycles. The molecule has 2 atom stereocenters. The van der Waals surface area contributed by atoms with E-state index in [1.165, 1.54) is 35.2 Å². The van der Waals surface area contributed by atoms with Crippen molar-refractivity contribution in [3.05, 3.63) is 35.0 Å². The standard InChI is InChI=1S/C14H16FNO2S2/c1-8(13(7-17)19-2)16-14(18)12-6-9-5-10(15)3-4-11(9)20-12/h3-6,8,13,17H,7H2,1-2H3,(H,16,18). The second kappa shape index (κ2) is 6.56. The predicted molar refractivity (Wildman–Crippen MR) is 83.1 cm³/mol. The Hall–Kier alpha value is -1.11. The van der Waals surface area contributed by atoms with E-state index in [1.807, 2.05) is 13.2 Å². The normalized spacial score (nSPS) is 14.2. The topological polar surface area (TPSA) is 49.3 Å². The highest BCUT2D eigenvalue weighted by atomic mass is 32.2. The van der Waals surface area contributed by atoms with Crippen LogP contribution in [-0.4, -0.2) is 35.2 Å². The molecule has 108 valence electrons. The lowest BCUT2D eigenvalue weighted by molar-refractivity contribution is 0.0940. The molecule has 1 aromatic carbocycles. The third-order valence-corrected chi connectivity index (χ3v) is 5.38. The molecule has 0 saturated carbocycles. The number of aliphatic hydroxyl groups excluding tert-OH is 1. The number of aliphatic hydroxyl groups is 1. The number of hydrogen-bond donors (Lipinski definition) is 2. The summed E-state index contributed by atoms with van der Waals surface area (Å²) in [7, 11) is 0. The largest absolute Gasteiger partial charge is 0.395 e. The first-order chi connectivity index (χ1) is 9.55. The van der Waals surface area contributed by atoms with Gasteiger partial charge < -0.3 is 10.4 Å². The number of halogens is 1. The second-order valence-electron chi connectivity index (χ2n) is 4.51. The molecular weight excluding hydrogens is 297 g/mol. The Balaban J connectivity index is 2.15. The summed E-state index contributed by atoms with van der Waals surface area (Å²) in [5.41, 5.74) is 0. The van der Waals surface area contributed by atoms with Gasteiger partial charge in [-0.3, -0.25) is 4.79 Å². The van der Waals surface area contributed by atoms with E-state index in [4.69, 9.17) is 0 Å². The number of carbonyl (C=O) groups is 1. The summed E-state index contributed by atoms with van der Waals surface area (Å²) in [5, 5.41) is 12.8. The summed E-state index contributed by atoms with van der Waals surface area (Å²) in [5.74, 6) is -0.495. The van der Waals surface area contributed by atoms with E-state index >= 15 is 0 Å². The van der Waals surface area contributed by atoms with Crippen molar-refractivity contribution in [2.24, 2.45) is 0 Å². The van der Waals surface area contributed by atoms with Crippen LogP contribution in [0, 0.1) is 5.82 Å². The number of rotatable bonds is 5. The van der Waals surface area contributed by atoms with Crippen LogP contribution in [0.5, 0.6) is 0 Å². The summed E-state index contributed by atoms with van der Waals surface area (Å²) in [6, 6.07) is 6.04. The molecule has 0 aliphatic carbocycles. The van der Waals surface area contributed by atoms with Gasteiger partial charge >= 0.3 is 0 Å². The first-order valence-corrected chi connectivity index (χ1v) is 8.29. The number of hydrogen-bond acceptors (Lipinski definition) is 4. The van der Waals surface area contributed by atoms with Gasteiger partial charge in [-0.05, 0) is 42.8 Å². The minimum Gasteiger partial charge on any atom is -0.395 e.